The van der Waals surface area contributed by atoms with Crippen LogP contribution in [0.25, 0.3) is 83.9 Å². The van der Waals surface area contributed by atoms with Crippen molar-refractivity contribution in [1.29, 1.82) is 0 Å². The fraction of sp³-hybridized carbons (Fsp3) is 0.262. The number of imidazole rings is 1. The van der Waals surface area contributed by atoms with Crippen LogP contribution in [0.5, 0.6) is 5.75 Å². The average Bonchev–Trinajstić information content (AvgIpc) is 3.73. The smallest absolute Gasteiger partial charge is 0.149 e. The number of phenols is 1. The van der Waals surface area contributed by atoms with Gasteiger partial charge in [0.1, 0.15) is 11.6 Å². The van der Waals surface area contributed by atoms with Crippen LogP contribution in [0.4, 0.5) is 0 Å². The number of aromatic hydroxyl groups is 1. The van der Waals surface area contributed by atoms with Gasteiger partial charge in [0.25, 0.3) is 0 Å². The molecule has 9 rings (SSSR count). The number of phenolic OH excluding ortho intramolecular Hbond substituents is 1. The number of hydrogen-bond acceptors (Lipinski definition) is 3. The predicted octanol–water partition coefficient (Wildman–Crippen LogP) is 17.6. The molecule has 0 unspecified atom stereocenters. The Kier molecular flexibility index (Phi) is 10.7. The SMILES string of the molecule is [2H]c1c([2H])c(-c2ccnc(-c3cc(-c4cccc5c4nc(-c4cc(C(C)(C)C)cc(C(C)(C)C)c4O)n5-c4ccc(-c5ccc(C(C)(C)C)cc5)cc4-c4ccccc4)cc(C(C)(C)C)c3)c2)c([2H])c([2H])c1C. The molecular formula is C65H67N3O. The number of hydrogen-bond donors (Lipinski definition) is 1. The number of aromatic nitrogens is 3. The third kappa shape index (κ3) is 9.42. The van der Waals surface area contributed by atoms with Crippen molar-refractivity contribution in [2.24, 2.45) is 0 Å². The molecule has 0 aliphatic rings. The summed E-state index contributed by atoms with van der Waals surface area (Å²) in [6, 6.07) is 46.5. The first-order chi connectivity index (χ1) is 34.2. The van der Waals surface area contributed by atoms with Gasteiger partial charge in [0.2, 0.25) is 0 Å². The Labute approximate surface area is 416 Å². The largest absolute Gasteiger partial charge is 0.507 e. The maximum Gasteiger partial charge on any atom is 0.149 e. The van der Waals surface area contributed by atoms with Crippen molar-refractivity contribution < 1.29 is 10.6 Å². The molecule has 1 N–H and O–H groups in total. The van der Waals surface area contributed by atoms with Gasteiger partial charge in [0.15, 0.2) is 0 Å². The summed E-state index contributed by atoms with van der Waals surface area (Å²) in [5.41, 5.74) is 15.3. The van der Waals surface area contributed by atoms with Crippen molar-refractivity contribution in [3.63, 3.8) is 0 Å². The molecule has 348 valence electrons. The van der Waals surface area contributed by atoms with Crippen molar-refractivity contribution >= 4 is 11.0 Å². The summed E-state index contributed by atoms with van der Waals surface area (Å²) in [4.78, 5) is 10.6. The highest BCUT2D eigenvalue weighted by atomic mass is 16.3. The lowest BCUT2D eigenvalue weighted by Gasteiger charge is -2.27. The highest BCUT2D eigenvalue weighted by Gasteiger charge is 2.30. The van der Waals surface area contributed by atoms with E-state index in [9.17, 15) is 5.11 Å². The molecular weight excluding hydrogens is 839 g/mol. The number of fused-ring (bicyclic) bond motifs is 1. The second-order valence-corrected chi connectivity index (χ2v) is 22.8. The molecule has 0 spiro atoms. The number of rotatable bonds is 7. The van der Waals surface area contributed by atoms with Crippen molar-refractivity contribution in [1.82, 2.24) is 14.5 Å². The van der Waals surface area contributed by atoms with Gasteiger partial charge in [-0.1, -0.05) is 198 Å². The Morgan fingerprint density at radius 3 is 1.74 bits per heavy atom. The van der Waals surface area contributed by atoms with Gasteiger partial charge in [0, 0.05) is 28.5 Å². The van der Waals surface area contributed by atoms with E-state index in [4.69, 9.17) is 15.5 Å². The van der Waals surface area contributed by atoms with Crippen LogP contribution in [0.15, 0.2) is 164 Å². The number of benzene rings is 7. The number of para-hydroxylation sites is 1. The van der Waals surface area contributed by atoms with E-state index in [0.29, 0.717) is 28.2 Å². The molecule has 0 amide bonds. The highest BCUT2D eigenvalue weighted by molar-refractivity contribution is 5.98. The molecule has 4 nitrogen and oxygen atoms in total. The average molecular weight is 910 g/mol. The highest BCUT2D eigenvalue weighted by Crippen LogP contribution is 2.46. The fourth-order valence-electron chi connectivity index (χ4n) is 9.12. The molecule has 7 aromatic carbocycles. The number of pyridine rings is 1. The third-order valence-electron chi connectivity index (χ3n) is 13.3. The molecule has 69 heavy (non-hydrogen) atoms. The van der Waals surface area contributed by atoms with E-state index in [1.807, 2.05) is 12.1 Å². The Morgan fingerprint density at radius 1 is 0.464 bits per heavy atom. The first kappa shape index (κ1) is 42.1. The topological polar surface area (TPSA) is 50.9 Å². The summed E-state index contributed by atoms with van der Waals surface area (Å²) in [6.07, 6.45) is 1.68. The van der Waals surface area contributed by atoms with Crippen molar-refractivity contribution in [2.45, 2.75) is 112 Å². The predicted molar refractivity (Wildman–Crippen MR) is 293 cm³/mol. The Morgan fingerprint density at radius 2 is 1.09 bits per heavy atom. The minimum atomic E-state index is -0.381. The van der Waals surface area contributed by atoms with Crippen LogP contribution in [0, 0.1) is 6.92 Å². The summed E-state index contributed by atoms with van der Waals surface area (Å²) in [5, 5.41) is 12.7. The molecule has 4 heteroatoms. The van der Waals surface area contributed by atoms with Crippen LogP contribution >= 0.6 is 0 Å². The van der Waals surface area contributed by atoms with Gasteiger partial charge in [-0.3, -0.25) is 9.55 Å². The van der Waals surface area contributed by atoms with Gasteiger partial charge in [-0.05, 0) is 127 Å². The summed E-state index contributed by atoms with van der Waals surface area (Å²) in [7, 11) is 0. The Bertz CT molecular complexity index is 3570. The van der Waals surface area contributed by atoms with Gasteiger partial charge in [-0.2, -0.15) is 0 Å². The van der Waals surface area contributed by atoms with Gasteiger partial charge in [-0.15, -0.1) is 0 Å². The maximum absolute atomic E-state index is 12.7. The number of nitrogens with zero attached hydrogens (tertiary/aromatic N) is 3. The molecule has 0 radical (unpaired) electrons. The zero-order valence-corrected chi connectivity index (χ0v) is 42.6. The van der Waals surface area contributed by atoms with E-state index in [1.165, 1.54) is 5.56 Å². The van der Waals surface area contributed by atoms with Crippen LogP contribution < -0.4 is 0 Å². The lowest BCUT2D eigenvalue weighted by atomic mass is 9.79. The molecule has 0 fully saturated rings. The van der Waals surface area contributed by atoms with Crippen LogP contribution in [0.3, 0.4) is 0 Å². The molecule has 2 aromatic heterocycles. The van der Waals surface area contributed by atoms with Crippen molar-refractivity contribution in [3.8, 4) is 78.6 Å². The second-order valence-electron chi connectivity index (χ2n) is 22.8. The van der Waals surface area contributed by atoms with Crippen LogP contribution in [-0.2, 0) is 21.7 Å². The van der Waals surface area contributed by atoms with Crippen molar-refractivity contribution in [2.75, 3.05) is 0 Å². The molecule has 9 aromatic rings. The van der Waals surface area contributed by atoms with Crippen LogP contribution in [-0.4, -0.2) is 19.6 Å². The zero-order valence-electron chi connectivity index (χ0n) is 46.6. The first-order valence-electron chi connectivity index (χ1n) is 26.1. The quantitative estimate of drug-likeness (QED) is 0.173. The van der Waals surface area contributed by atoms with E-state index in [2.05, 4.69) is 203 Å². The summed E-state index contributed by atoms with van der Waals surface area (Å²) in [5.74, 6) is 0.823. The summed E-state index contributed by atoms with van der Waals surface area (Å²) < 4.78 is 37.1. The lowest BCUT2D eigenvalue weighted by Crippen LogP contribution is -2.17. The molecule has 0 saturated heterocycles. The van der Waals surface area contributed by atoms with E-state index in [-0.39, 0.29) is 57.1 Å². The first-order valence-corrected chi connectivity index (χ1v) is 24.1. The second kappa shape index (κ2) is 17.5. The van der Waals surface area contributed by atoms with Crippen molar-refractivity contribution in [3.05, 3.63) is 192 Å². The normalized spacial score (nSPS) is 13.3. The van der Waals surface area contributed by atoms with E-state index >= 15 is 0 Å². The van der Waals surface area contributed by atoms with Gasteiger partial charge in [0.05, 0.1) is 33.5 Å². The molecule has 0 bridgehead atoms. The summed E-state index contributed by atoms with van der Waals surface area (Å²) >= 11 is 0. The molecule has 0 saturated carbocycles. The van der Waals surface area contributed by atoms with E-state index in [0.717, 1.165) is 72.4 Å². The van der Waals surface area contributed by atoms with Crippen LogP contribution in [0.2, 0.25) is 0 Å². The van der Waals surface area contributed by atoms with Gasteiger partial charge in [-0.25, -0.2) is 4.98 Å². The third-order valence-corrected chi connectivity index (χ3v) is 13.3. The molecule has 0 aliphatic heterocycles. The fourth-order valence-corrected chi connectivity index (χ4v) is 9.12. The zero-order chi connectivity index (χ0) is 52.7. The monoisotopic (exact) mass is 910 g/mol. The standard InChI is InChI=1S/C65H67N3O/c1-41-22-24-42(25-23-41)46-32-33-66-56(38-46)48-34-47(35-50(36-48)63(5,6)7)52-20-17-21-58-59(52)67-61(54-39-51(64(8,9)10)40-55(60(54)69)65(11,12)13)68(58)57-31-28-45(37-53(57)44-18-15-14-16-19-44)43-26-29-49(30-27-43)62(2,3)4/h14-40,69H,1-13H3/i22D,23D,24D,25D. The van der Waals surface area contributed by atoms with E-state index < -0.39 is 0 Å². The maximum atomic E-state index is 12.7. The lowest BCUT2D eigenvalue weighted by molar-refractivity contribution is 0.446. The van der Waals surface area contributed by atoms with Crippen LogP contribution in [0.1, 0.15) is 116 Å². The van der Waals surface area contributed by atoms with E-state index in [1.54, 1.807) is 19.2 Å². The van der Waals surface area contributed by atoms with Gasteiger partial charge < -0.3 is 5.11 Å². The minimum Gasteiger partial charge on any atom is -0.507 e. The Hall–Kier alpha value is -7.04. The minimum absolute atomic E-state index is 0.0261. The molecule has 2 heterocycles. The summed E-state index contributed by atoms with van der Waals surface area (Å²) in [6.45, 7) is 27.9. The molecule has 0 aliphatic carbocycles. The molecule has 0 atom stereocenters. The Balaban J connectivity index is 1.34. The van der Waals surface area contributed by atoms with Gasteiger partial charge >= 0.3 is 0 Å².